The summed E-state index contributed by atoms with van der Waals surface area (Å²) in [5.74, 6) is 0.640. The number of fused-ring (bicyclic) bond motifs is 1. The third kappa shape index (κ3) is 2.93. The van der Waals surface area contributed by atoms with E-state index in [1.807, 2.05) is 4.68 Å². The zero-order valence-electron chi connectivity index (χ0n) is 14.5. The first-order valence-electron chi connectivity index (χ1n) is 7.94. The zero-order valence-corrected chi connectivity index (χ0v) is 15.3. The van der Waals surface area contributed by atoms with Crippen molar-refractivity contribution < 1.29 is 13.2 Å². The van der Waals surface area contributed by atoms with Gasteiger partial charge in [0.2, 0.25) is 10.0 Å². The molecule has 24 heavy (non-hydrogen) atoms. The van der Waals surface area contributed by atoms with Gasteiger partial charge in [-0.2, -0.15) is 9.40 Å². The molecular formula is C17H23N3O3S. The fraction of sp³-hybridized carbons (Fsp3) is 0.471. The van der Waals surface area contributed by atoms with Crippen molar-refractivity contribution >= 4 is 10.0 Å². The van der Waals surface area contributed by atoms with E-state index in [0.29, 0.717) is 25.3 Å². The molecule has 3 rings (SSSR count). The van der Waals surface area contributed by atoms with Crippen LogP contribution in [0, 0.1) is 0 Å². The van der Waals surface area contributed by atoms with Gasteiger partial charge in [0.1, 0.15) is 5.75 Å². The number of hydrogen-bond donors (Lipinski definition) is 0. The van der Waals surface area contributed by atoms with Crippen molar-refractivity contribution in [3.05, 3.63) is 41.7 Å². The molecule has 7 heteroatoms. The maximum atomic E-state index is 12.9. The lowest BCUT2D eigenvalue weighted by Gasteiger charge is -2.29. The summed E-state index contributed by atoms with van der Waals surface area (Å²) >= 11 is 0. The molecule has 0 N–H and O–H groups in total. The number of aromatic nitrogens is 2. The second kappa shape index (κ2) is 5.89. The maximum absolute atomic E-state index is 12.9. The van der Waals surface area contributed by atoms with Gasteiger partial charge in [-0.15, -0.1) is 0 Å². The van der Waals surface area contributed by atoms with E-state index < -0.39 is 10.0 Å². The first kappa shape index (κ1) is 17.0. The monoisotopic (exact) mass is 349 g/mol. The number of sulfonamides is 1. The highest BCUT2D eigenvalue weighted by Crippen LogP contribution is 2.28. The first-order chi connectivity index (χ1) is 11.2. The molecule has 0 spiro atoms. The number of ether oxygens (including phenoxy) is 1. The number of methoxy groups -OCH3 is 1. The molecule has 1 aromatic heterocycles. The molecule has 0 unspecified atom stereocenters. The normalized spacial score (nSPS) is 16.0. The van der Waals surface area contributed by atoms with Gasteiger partial charge in [0.25, 0.3) is 0 Å². The Bertz CT molecular complexity index is 833. The summed E-state index contributed by atoms with van der Waals surface area (Å²) in [6, 6.07) is 6.50. The van der Waals surface area contributed by atoms with Crippen molar-refractivity contribution in [2.75, 3.05) is 13.7 Å². The topological polar surface area (TPSA) is 64.4 Å². The van der Waals surface area contributed by atoms with E-state index in [-0.39, 0.29) is 10.4 Å². The van der Waals surface area contributed by atoms with Crippen molar-refractivity contribution in [1.29, 1.82) is 0 Å². The second-order valence-corrected chi connectivity index (χ2v) is 8.90. The van der Waals surface area contributed by atoms with Crippen LogP contribution in [0.3, 0.4) is 0 Å². The highest BCUT2D eigenvalue weighted by atomic mass is 32.2. The van der Waals surface area contributed by atoms with E-state index in [1.54, 1.807) is 37.6 Å². The Kier molecular flexibility index (Phi) is 4.17. The van der Waals surface area contributed by atoms with Crippen LogP contribution in [0.4, 0.5) is 0 Å². The lowest BCUT2D eigenvalue weighted by molar-refractivity contribution is 0.325. The lowest BCUT2D eigenvalue weighted by atomic mass is 10.1. The van der Waals surface area contributed by atoms with E-state index >= 15 is 0 Å². The van der Waals surface area contributed by atoms with E-state index in [1.165, 1.54) is 4.31 Å². The minimum Gasteiger partial charge on any atom is -0.497 e. The first-order valence-corrected chi connectivity index (χ1v) is 9.38. The summed E-state index contributed by atoms with van der Waals surface area (Å²) in [6.07, 6.45) is 2.46. The molecule has 0 bridgehead atoms. The Morgan fingerprint density at radius 2 is 1.83 bits per heavy atom. The molecule has 1 aromatic carbocycles. The fourth-order valence-electron chi connectivity index (χ4n) is 2.99. The Morgan fingerprint density at radius 3 is 2.42 bits per heavy atom. The maximum Gasteiger partial charge on any atom is 0.243 e. The Morgan fingerprint density at radius 1 is 1.17 bits per heavy atom. The molecule has 0 aliphatic carbocycles. The molecule has 0 radical (unpaired) electrons. The van der Waals surface area contributed by atoms with Gasteiger partial charge in [-0.25, -0.2) is 8.42 Å². The molecule has 1 aliphatic rings. The standard InChI is InChI=1S/C17H23N3O3S/c1-17(2,3)20-16-9-10-19(12-13(16)11-18-20)24(21,22)15-7-5-14(23-4)6-8-15/h5-8,11H,9-10,12H2,1-4H3. The third-order valence-electron chi connectivity index (χ3n) is 4.23. The van der Waals surface area contributed by atoms with Crippen molar-refractivity contribution in [3.8, 4) is 5.75 Å². The number of benzene rings is 1. The molecule has 6 nitrogen and oxygen atoms in total. The SMILES string of the molecule is COc1ccc(S(=O)(=O)N2CCc3c(cnn3C(C)(C)C)C2)cc1. The molecule has 2 aromatic rings. The third-order valence-corrected chi connectivity index (χ3v) is 6.09. The zero-order chi connectivity index (χ0) is 17.5. The fourth-order valence-corrected chi connectivity index (χ4v) is 4.40. The molecule has 1 aliphatic heterocycles. The quantitative estimate of drug-likeness (QED) is 0.853. The minimum absolute atomic E-state index is 0.107. The van der Waals surface area contributed by atoms with Gasteiger partial charge in [-0.05, 0) is 45.0 Å². The summed E-state index contributed by atoms with van der Waals surface area (Å²) in [4.78, 5) is 0.287. The van der Waals surface area contributed by atoms with Crippen LogP contribution < -0.4 is 4.74 Å². The number of hydrogen-bond acceptors (Lipinski definition) is 4. The van der Waals surface area contributed by atoms with Crippen LogP contribution >= 0.6 is 0 Å². The Labute approximate surface area is 143 Å². The molecule has 0 saturated heterocycles. The van der Waals surface area contributed by atoms with Gasteiger partial charge in [-0.1, -0.05) is 0 Å². The molecular weight excluding hydrogens is 326 g/mol. The number of nitrogens with zero attached hydrogens (tertiary/aromatic N) is 3. The highest BCUT2D eigenvalue weighted by molar-refractivity contribution is 7.89. The van der Waals surface area contributed by atoms with E-state index in [0.717, 1.165) is 11.3 Å². The van der Waals surface area contributed by atoms with Gasteiger partial charge in [0.05, 0.1) is 23.7 Å². The smallest absolute Gasteiger partial charge is 0.243 e. The van der Waals surface area contributed by atoms with Crippen LogP contribution in [0.5, 0.6) is 5.75 Å². The van der Waals surface area contributed by atoms with Gasteiger partial charge < -0.3 is 4.74 Å². The van der Waals surface area contributed by atoms with Crippen LogP contribution in [0.2, 0.25) is 0 Å². The van der Waals surface area contributed by atoms with Crippen molar-refractivity contribution in [2.45, 2.75) is 44.2 Å². The van der Waals surface area contributed by atoms with Gasteiger partial charge in [0.15, 0.2) is 0 Å². The summed E-state index contributed by atoms with van der Waals surface area (Å²) in [5.41, 5.74) is 2.00. The van der Waals surface area contributed by atoms with Crippen LogP contribution in [0.15, 0.2) is 35.4 Å². The van der Waals surface area contributed by atoms with Gasteiger partial charge in [0, 0.05) is 30.8 Å². The van der Waals surface area contributed by atoms with Crippen LogP contribution in [-0.4, -0.2) is 36.2 Å². The van der Waals surface area contributed by atoms with Crippen LogP contribution in [-0.2, 0) is 28.5 Å². The summed E-state index contributed by atoms with van der Waals surface area (Å²) < 4.78 is 34.3. The minimum atomic E-state index is -3.52. The lowest BCUT2D eigenvalue weighted by Crippen LogP contribution is -2.37. The largest absolute Gasteiger partial charge is 0.497 e. The summed E-state index contributed by atoms with van der Waals surface area (Å²) in [7, 11) is -1.96. The van der Waals surface area contributed by atoms with Crippen molar-refractivity contribution in [3.63, 3.8) is 0 Å². The average Bonchev–Trinajstić information content (AvgIpc) is 2.98. The number of rotatable bonds is 3. The van der Waals surface area contributed by atoms with Crippen LogP contribution in [0.25, 0.3) is 0 Å². The predicted octanol–water partition coefficient (Wildman–Crippen LogP) is 2.39. The van der Waals surface area contributed by atoms with Crippen LogP contribution in [0.1, 0.15) is 32.0 Å². The molecule has 0 saturated carbocycles. The van der Waals surface area contributed by atoms with E-state index in [4.69, 9.17) is 4.74 Å². The van der Waals surface area contributed by atoms with Gasteiger partial charge >= 0.3 is 0 Å². The average molecular weight is 349 g/mol. The molecule has 130 valence electrons. The van der Waals surface area contributed by atoms with Crippen molar-refractivity contribution in [2.24, 2.45) is 0 Å². The Balaban J connectivity index is 1.88. The van der Waals surface area contributed by atoms with Crippen molar-refractivity contribution in [1.82, 2.24) is 14.1 Å². The predicted molar refractivity (Wildman–Crippen MR) is 91.5 cm³/mol. The molecule has 0 amide bonds. The molecule has 0 fully saturated rings. The van der Waals surface area contributed by atoms with E-state index in [2.05, 4.69) is 25.9 Å². The second-order valence-electron chi connectivity index (χ2n) is 6.96. The molecule has 0 atom stereocenters. The Hall–Kier alpha value is -1.86. The summed E-state index contributed by atoms with van der Waals surface area (Å²) in [5, 5.41) is 4.46. The van der Waals surface area contributed by atoms with Gasteiger partial charge in [-0.3, -0.25) is 4.68 Å². The highest BCUT2D eigenvalue weighted by Gasteiger charge is 2.32. The summed E-state index contributed by atoms with van der Waals surface area (Å²) in [6.45, 7) is 7.12. The molecule has 2 heterocycles. The van der Waals surface area contributed by atoms with E-state index in [9.17, 15) is 8.42 Å².